The summed E-state index contributed by atoms with van der Waals surface area (Å²) < 4.78 is 19.9. The van der Waals surface area contributed by atoms with Gasteiger partial charge < -0.3 is 15.4 Å². The molecule has 0 bridgehead atoms. The van der Waals surface area contributed by atoms with Gasteiger partial charge in [0.1, 0.15) is 5.82 Å². The van der Waals surface area contributed by atoms with E-state index in [1.165, 1.54) is 25.3 Å². The van der Waals surface area contributed by atoms with Gasteiger partial charge in [-0.25, -0.2) is 9.38 Å². The fourth-order valence-corrected chi connectivity index (χ4v) is 3.27. The molecule has 1 aromatic rings. The van der Waals surface area contributed by atoms with Crippen LogP contribution in [0.15, 0.2) is 27.7 Å². The third-order valence-corrected chi connectivity index (χ3v) is 5.14. The van der Waals surface area contributed by atoms with Gasteiger partial charge in [0.2, 0.25) is 0 Å². The van der Waals surface area contributed by atoms with Gasteiger partial charge in [0.15, 0.2) is 5.96 Å². The number of methoxy groups -OCH3 is 1. The second-order valence-electron chi connectivity index (χ2n) is 6.38. The highest BCUT2D eigenvalue weighted by molar-refractivity contribution is 14.0. The maximum absolute atomic E-state index is 13.9. The van der Waals surface area contributed by atoms with Gasteiger partial charge in [-0.3, -0.25) is 0 Å². The molecule has 4 nitrogen and oxygen atoms in total. The first kappa shape index (κ1) is 22.6. The number of guanidine groups is 1. The Balaban J connectivity index is 0.00000312. The van der Waals surface area contributed by atoms with Gasteiger partial charge in [-0.2, -0.15) is 0 Å². The van der Waals surface area contributed by atoms with Crippen molar-refractivity contribution < 1.29 is 9.13 Å². The van der Waals surface area contributed by atoms with Crippen LogP contribution in [0.25, 0.3) is 0 Å². The zero-order valence-corrected chi connectivity index (χ0v) is 18.8. The molecule has 0 amide bonds. The molecule has 0 aromatic heterocycles. The Kier molecular flexibility index (Phi) is 10.3. The highest BCUT2D eigenvalue weighted by atomic mass is 127. The first-order valence-electron chi connectivity index (χ1n) is 8.53. The van der Waals surface area contributed by atoms with E-state index in [2.05, 4.69) is 31.6 Å². The molecule has 0 spiro atoms. The van der Waals surface area contributed by atoms with Crippen LogP contribution < -0.4 is 10.6 Å². The van der Waals surface area contributed by atoms with Crippen LogP contribution >= 0.6 is 39.9 Å². The Bertz CT molecular complexity index is 567. The quantitative estimate of drug-likeness (QED) is 0.298. The first-order chi connectivity index (χ1) is 11.6. The summed E-state index contributed by atoms with van der Waals surface area (Å²) in [6.45, 7) is 4.80. The largest absolute Gasteiger partial charge is 0.385 e. The number of aliphatic imine (C=N–C) groups is 1. The Morgan fingerprint density at radius 2 is 2.12 bits per heavy atom. The van der Waals surface area contributed by atoms with Crippen molar-refractivity contribution in [3.8, 4) is 0 Å². The van der Waals surface area contributed by atoms with Gasteiger partial charge in [-0.05, 0) is 43.7 Å². The molecule has 2 N–H and O–H groups in total. The second-order valence-corrected chi connectivity index (χ2v) is 7.30. The van der Waals surface area contributed by atoms with Gasteiger partial charge in [0, 0.05) is 36.8 Å². The van der Waals surface area contributed by atoms with Crippen molar-refractivity contribution in [2.45, 2.75) is 39.2 Å². The van der Waals surface area contributed by atoms with Gasteiger partial charge >= 0.3 is 0 Å². The third kappa shape index (κ3) is 7.02. The van der Waals surface area contributed by atoms with Crippen molar-refractivity contribution in [3.63, 3.8) is 0 Å². The number of nitrogens with zero attached hydrogens (tertiary/aromatic N) is 1. The number of hydrogen-bond donors (Lipinski definition) is 2. The summed E-state index contributed by atoms with van der Waals surface area (Å²) in [6.07, 6.45) is 4.80. The minimum atomic E-state index is -0.237. The summed E-state index contributed by atoms with van der Waals surface area (Å²) in [5.41, 5.74) is 0.905. The lowest BCUT2D eigenvalue weighted by Crippen LogP contribution is -2.47. The van der Waals surface area contributed by atoms with E-state index >= 15 is 0 Å². The maximum atomic E-state index is 13.9. The van der Waals surface area contributed by atoms with Crippen LogP contribution in [-0.4, -0.2) is 32.8 Å². The second kappa shape index (κ2) is 11.3. The van der Waals surface area contributed by atoms with E-state index < -0.39 is 0 Å². The minimum absolute atomic E-state index is 0. The molecule has 1 fully saturated rings. The van der Waals surface area contributed by atoms with Gasteiger partial charge in [0.05, 0.1) is 6.54 Å². The molecular weight excluding hydrogens is 500 g/mol. The summed E-state index contributed by atoms with van der Waals surface area (Å²) in [4.78, 5) is 4.52. The molecule has 0 radical (unpaired) electrons. The van der Waals surface area contributed by atoms with E-state index in [1.54, 1.807) is 13.2 Å². The number of rotatable bonds is 8. The lowest BCUT2D eigenvalue weighted by Gasteiger charge is -2.42. The zero-order chi connectivity index (χ0) is 17.4. The Hall–Kier alpha value is -0.410. The predicted octanol–water partition coefficient (Wildman–Crippen LogP) is 4.47. The summed E-state index contributed by atoms with van der Waals surface area (Å²) >= 11 is 3.27. The van der Waals surface area contributed by atoms with Crippen molar-refractivity contribution in [3.05, 3.63) is 34.1 Å². The third-order valence-electron chi connectivity index (χ3n) is 4.65. The van der Waals surface area contributed by atoms with Crippen LogP contribution in [0.4, 0.5) is 4.39 Å². The van der Waals surface area contributed by atoms with Gasteiger partial charge in [-0.15, -0.1) is 24.0 Å². The van der Waals surface area contributed by atoms with Crippen LogP contribution in [0.5, 0.6) is 0 Å². The standard InChI is InChI=1S/C18H27BrFN3O.HI/c1-3-21-17(22-12-14-5-6-15(19)11-16(14)20)23-13-18(7-4-8-18)9-10-24-2;/h5-6,11H,3-4,7-10,12-13H2,1-2H3,(H2,21,22,23);1H. The number of benzene rings is 1. The molecule has 142 valence electrons. The maximum Gasteiger partial charge on any atom is 0.191 e. The molecule has 1 aliphatic carbocycles. The first-order valence-corrected chi connectivity index (χ1v) is 9.33. The van der Waals surface area contributed by atoms with Crippen molar-refractivity contribution >= 4 is 45.9 Å². The SMILES string of the molecule is CCNC(=NCc1ccc(Br)cc1F)NCC1(CCOC)CCC1.I. The summed E-state index contributed by atoms with van der Waals surface area (Å²) in [7, 11) is 1.75. The highest BCUT2D eigenvalue weighted by Gasteiger charge is 2.36. The molecule has 0 aliphatic heterocycles. The van der Waals surface area contributed by atoms with Crippen molar-refractivity contribution in [1.29, 1.82) is 0 Å². The van der Waals surface area contributed by atoms with Crippen LogP contribution in [-0.2, 0) is 11.3 Å². The topological polar surface area (TPSA) is 45.7 Å². The van der Waals surface area contributed by atoms with Crippen molar-refractivity contribution in [2.24, 2.45) is 10.4 Å². The summed E-state index contributed by atoms with van der Waals surface area (Å²) in [6, 6.07) is 5.07. The summed E-state index contributed by atoms with van der Waals surface area (Å²) in [5, 5.41) is 6.66. The monoisotopic (exact) mass is 527 g/mol. The Morgan fingerprint density at radius 1 is 1.36 bits per heavy atom. The molecule has 1 aliphatic rings. The zero-order valence-electron chi connectivity index (χ0n) is 14.9. The Morgan fingerprint density at radius 3 is 2.68 bits per heavy atom. The van der Waals surface area contributed by atoms with E-state index in [0.717, 1.165) is 36.5 Å². The van der Waals surface area contributed by atoms with Crippen LogP contribution in [0.3, 0.4) is 0 Å². The normalized spacial score (nSPS) is 15.9. The van der Waals surface area contributed by atoms with E-state index in [-0.39, 0.29) is 29.8 Å². The van der Waals surface area contributed by atoms with E-state index in [4.69, 9.17) is 4.74 Å². The molecular formula is C18H28BrFIN3O. The fourth-order valence-electron chi connectivity index (χ4n) is 2.94. The molecule has 7 heteroatoms. The molecule has 1 saturated carbocycles. The van der Waals surface area contributed by atoms with Crippen LogP contribution in [0.2, 0.25) is 0 Å². The molecule has 0 heterocycles. The van der Waals surface area contributed by atoms with E-state index in [9.17, 15) is 4.39 Å². The lowest BCUT2D eigenvalue weighted by atomic mass is 9.67. The highest BCUT2D eigenvalue weighted by Crippen LogP contribution is 2.43. The Labute approximate surface area is 175 Å². The predicted molar refractivity (Wildman–Crippen MR) is 115 cm³/mol. The molecule has 0 atom stereocenters. The lowest BCUT2D eigenvalue weighted by molar-refractivity contribution is 0.0732. The smallest absolute Gasteiger partial charge is 0.191 e. The summed E-state index contributed by atoms with van der Waals surface area (Å²) in [5.74, 6) is 0.503. The fraction of sp³-hybridized carbons (Fsp3) is 0.611. The van der Waals surface area contributed by atoms with E-state index in [0.29, 0.717) is 17.5 Å². The van der Waals surface area contributed by atoms with Crippen LogP contribution in [0, 0.1) is 11.2 Å². The minimum Gasteiger partial charge on any atom is -0.385 e. The van der Waals surface area contributed by atoms with Crippen LogP contribution in [0.1, 0.15) is 38.2 Å². The number of hydrogen-bond acceptors (Lipinski definition) is 2. The number of ether oxygens (including phenoxy) is 1. The molecule has 1 aromatic carbocycles. The average Bonchev–Trinajstić information content (AvgIpc) is 2.52. The van der Waals surface area contributed by atoms with Gasteiger partial charge in [-0.1, -0.05) is 28.4 Å². The number of nitrogens with one attached hydrogen (secondary N) is 2. The van der Waals surface area contributed by atoms with E-state index in [1.807, 2.05) is 13.0 Å². The molecule has 25 heavy (non-hydrogen) atoms. The van der Waals surface area contributed by atoms with Crippen molar-refractivity contribution in [1.82, 2.24) is 10.6 Å². The molecule has 0 saturated heterocycles. The molecule has 2 rings (SSSR count). The average molecular weight is 528 g/mol. The van der Waals surface area contributed by atoms with Crippen molar-refractivity contribution in [2.75, 3.05) is 26.8 Å². The molecule has 0 unspecified atom stereocenters. The number of halogens is 3. The van der Waals surface area contributed by atoms with Gasteiger partial charge in [0.25, 0.3) is 0 Å².